The molecule has 3 rings (SSSR count). The summed E-state index contributed by atoms with van der Waals surface area (Å²) in [7, 11) is 0. The molecule has 0 aromatic heterocycles. The van der Waals surface area contributed by atoms with Crippen molar-refractivity contribution in [3.63, 3.8) is 0 Å². The molecule has 2 aromatic rings. The molecule has 0 radical (unpaired) electrons. The van der Waals surface area contributed by atoms with Crippen molar-refractivity contribution < 1.29 is 4.74 Å². The number of rotatable bonds is 3. The van der Waals surface area contributed by atoms with E-state index in [-0.39, 0.29) is 6.04 Å². The zero-order valence-electron chi connectivity index (χ0n) is 10.9. The third-order valence-electron chi connectivity index (χ3n) is 3.57. The molecule has 104 valence electrons. The van der Waals surface area contributed by atoms with E-state index >= 15 is 0 Å². The summed E-state index contributed by atoms with van der Waals surface area (Å²) in [6, 6.07) is 11.8. The van der Waals surface area contributed by atoms with E-state index in [1.807, 2.05) is 24.3 Å². The van der Waals surface area contributed by atoms with Crippen molar-refractivity contribution in [2.75, 3.05) is 6.61 Å². The lowest BCUT2D eigenvalue weighted by Crippen LogP contribution is -2.14. The lowest BCUT2D eigenvalue weighted by Gasteiger charge is -2.16. The molecule has 0 spiro atoms. The van der Waals surface area contributed by atoms with E-state index < -0.39 is 0 Å². The fourth-order valence-corrected chi connectivity index (χ4v) is 3.45. The molecule has 2 nitrogen and oxygen atoms in total. The third-order valence-corrected chi connectivity index (χ3v) is 4.37. The van der Waals surface area contributed by atoms with Gasteiger partial charge < -0.3 is 10.5 Å². The second-order valence-corrected chi connectivity index (χ2v) is 6.31. The van der Waals surface area contributed by atoms with E-state index in [4.69, 9.17) is 22.1 Å². The highest BCUT2D eigenvalue weighted by molar-refractivity contribution is 9.10. The molecule has 4 heteroatoms. The maximum absolute atomic E-state index is 6.32. The Labute approximate surface area is 132 Å². The monoisotopic (exact) mass is 351 g/mol. The maximum Gasteiger partial charge on any atom is 0.125 e. The molecular formula is C16H15BrClNO. The predicted octanol–water partition coefficient (Wildman–Crippen LogP) is 4.28. The van der Waals surface area contributed by atoms with Gasteiger partial charge in [0.15, 0.2) is 0 Å². The smallest absolute Gasteiger partial charge is 0.125 e. The van der Waals surface area contributed by atoms with E-state index in [0.29, 0.717) is 11.4 Å². The molecular weight excluding hydrogens is 338 g/mol. The van der Waals surface area contributed by atoms with Gasteiger partial charge in [-0.05, 0) is 41.3 Å². The first-order valence-electron chi connectivity index (χ1n) is 6.59. The minimum atomic E-state index is -0.133. The molecule has 2 aromatic carbocycles. The Balaban J connectivity index is 1.90. The van der Waals surface area contributed by atoms with Crippen LogP contribution in [0.5, 0.6) is 5.75 Å². The second kappa shape index (κ2) is 5.76. The Morgan fingerprint density at radius 1 is 1.30 bits per heavy atom. The maximum atomic E-state index is 6.32. The SMILES string of the molecule is NC(Cc1cc(Br)cc2c1OCC2)c1ccccc1Cl. The molecule has 1 heterocycles. The van der Waals surface area contributed by atoms with Gasteiger partial charge in [-0.15, -0.1) is 0 Å². The average molecular weight is 353 g/mol. The topological polar surface area (TPSA) is 35.2 Å². The lowest BCUT2D eigenvalue weighted by atomic mass is 9.97. The van der Waals surface area contributed by atoms with Crippen LogP contribution < -0.4 is 10.5 Å². The zero-order chi connectivity index (χ0) is 14.1. The van der Waals surface area contributed by atoms with Gasteiger partial charge in [-0.2, -0.15) is 0 Å². The van der Waals surface area contributed by atoms with E-state index in [0.717, 1.165) is 34.4 Å². The summed E-state index contributed by atoms with van der Waals surface area (Å²) in [4.78, 5) is 0. The first kappa shape index (κ1) is 13.9. The number of nitrogens with two attached hydrogens (primary N) is 1. The van der Waals surface area contributed by atoms with Crippen LogP contribution in [0.1, 0.15) is 22.7 Å². The van der Waals surface area contributed by atoms with Crippen LogP contribution in [0.4, 0.5) is 0 Å². The Morgan fingerprint density at radius 3 is 2.90 bits per heavy atom. The molecule has 20 heavy (non-hydrogen) atoms. The van der Waals surface area contributed by atoms with Crippen LogP contribution in [0.25, 0.3) is 0 Å². The van der Waals surface area contributed by atoms with Crippen molar-refractivity contribution in [3.8, 4) is 5.75 Å². The summed E-state index contributed by atoms with van der Waals surface area (Å²) in [5.41, 5.74) is 9.68. The van der Waals surface area contributed by atoms with Crippen molar-refractivity contribution >= 4 is 27.5 Å². The fraction of sp³-hybridized carbons (Fsp3) is 0.250. The van der Waals surface area contributed by atoms with Crippen LogP contribution >= 0.6 is 27.5 Å². The van der Waals surface area contributed by atoms with Gasteiger partial charge in [-0.25, -0.2) is 0 Å². The van der Waals surface area contributed by atoms with Gasteiger partial charge in [0.2, 0.25) is 0 Å². The molecule has 0 amide bonds. The lowest BCUT2D eigenvalue weighted by molar-refractivity contribution is 0.352. The Hall–Kier alpha value is -1.03. The molecule has 1 unspecified atom stereocenters. The van der Waals surface area contributed by atoms with Gasteiger partial charge in [0, 0.05) is 22.0 Å². The van der Waals surface area contributed by atoms with E-state index in [1.165, 1.54) is 5.56 Å². The number of fused-ring (bicyclic) bond motifs is 1. The van der Waals surface area contributed by atoms with Crippen molar-refractivity contribution in [2.24, 2.45) is 5.73 Å². The first-order chi connectivity index (χ1) is 9.65. The Kier molecular flexibility index (Phi) is 4.01. The molecule has 2 N–H and O–H groups in total. The minimum Gasteiger partial charge on any atom is -0.493 e. The van der Waals surface area contributed by atoms with Crippen LogP contribution in [0, 0.1) is 0 Å². The summed E-state index contributed by atoms with van der Waals surface area (Å²) in [5, 5.41) is 0.715. The van der Waals surface area contributed by atoms with Crippen molar-refractivity contribution in [2.45, 2.75) is 18.9 Å². The van der Waals surface area contributed by atoms with E-state index in [9.17, 15) is 0 Å². The highest BCUT2D eigenvalue weighted by Gasteiger charge is 2.20. The summed E-state index contributed by atoms with van der Waals surface area (Å²) in [6.45, 7) is 0.750. The average Bonchev–Trinajstić information content (AvgIpc) is 2.87. The van der Waals surface area contributed by atoms with Gasteiger partial charge in [-0.1, -0.05) is 45.7 Å². The third kappa shape index (κ3) is 2.71. The van der Waals surface area contributed by atoms with Crippen LogP contribution in [0.15, 0.2) is 40.9 Å². The molecule has 0 saturated heterocycles. The molecule has 1 aliphatic rings. The molecule has 0 aliphatic carbocycles. The largest absolute Gasteiger partial charge is 0.493 e. The number of halogens is 2. The summed E-state index contributed by atoms with van der Waals surface area (Å²) in [6.07, 6.45) is 1.68. The number of ether oxygens (including phenoxy) is 1. The highest BCUT2D eigenvalue weighted by Crippen LogP contribution is 2.35. The quantitative estimate of drug-likeness (QED) is 0.895. The summed E-state index contributed by atoms with van der Waals surface area (Å²) in [5.74, 6) is 0.996. The number of hydrogen-bond donors (Lipinski definition) is 1. The van der Waals surface area contributed by atoms with E-state index in [1.54, 1.807) is 0 Å². The minimum absolute atomic E-state index is 0.133. The Bertz CT molecular complexity index is 644. The van der Waals surface area contributed by atoms with Gasteiger partial charge in [-0.3, -0.25) is 0 Å². The molecule has 1 atom stereocenters. The van der Waals surface area contributed by atoms with Gasteiger partial charge in [0.1, 0.15) is 5.75 Å². The van der Waals surface area contributed by atoms with Gasteiger partial charge >= 0.3 is 0 Å². The molecule has 0 saturated carbocycles. The fourth-order valence-electron chi connectivity index (χ4n) is 2.62. The number of benzene rings is 2. The molecule has 1 aliphatic heterocycles. The molecule has 0 fully saturated rings. The van der Waals surface area contributed by atoms with E-state index in [2.05, 4.69) is 28.1 Å². The first-order valence-corrected chi connectivity index (χ1v) is 7.76. The van der Waals surface area contributed by atoms with Crippen molar-refractivity contribution in [1.82, 2.24) is 0 Å². The van der Waals surface area contributed by atoms with Crippen LogP contribution in [-0.4, -0.2) is 6.61 Å². The van der Waals surface area contributed by atoms with Crippen LogP contribution in [0.2, 0.25) is 5.02 Å². The predicted molar refractivity (Wildman–Crippen MR) is 85.4 cm³/mol. The number of hydrogen-bond acceptors (Lipinski definition) is 2. The summed E-state index contributed by atoms with van der Waals surface area (Å²) < 4.78 is 6.81. The summed E-state index contributed by atoms with van der Waals surface area (Å²) >= 11 is 9.77. The highest BCUT2D eigenvalue weighted by atomic mass is 79.9. The standard InChI is InChI=1S/C16H15BrClNO/c17-12-7-10-5-6-20-16(10)11(8-12)9-15(19)13-3-1-2-4-14(13)18/h1-4,7-8,15H,5-6,9,19H2. The Morgan fingerprint density at radius 2 is 2.10 bits per heavy atom. The second-order valence-electron chi connectivity index (χ2n) is 4.98. The van der Waals surface area contributed by atoms with Gasteiger partial charge in [0.25, 0.3) is 0 Å². The normalized spacial score (nSPS) is 14.8. The van der Waals surface area contributed by atoms with Crippen LogP contribution in [0.3, 0.4) is 0 Å². The van der Waals surface area contributed by atoms with Crippen molar-refractivity contribution in [3.05, 3.63) is 62.6 Å². The van der Waals surface area contributed by atoms with Gasteiger partial charge in [0.05, 0.1) is 6.61 Å². The van der Waals surface area contributed by atoms with Crippen LogP contribution in [-0.2, 0) is 12.8 Å². The zero-order valence-corrected chi connectivity index (χ0v) is 13.2. The molecule has 0 bridgehead atoms. The van der Waals surface area contributed by atoms with Crippen molar-refractivity contribution in [1.29, 1.82) is 0 Å².